The van der Waals surface area contributed by atoms with E-state index in [9.17, 15) is 38.4 Å². The molecule has 1 aromatic carbocycles. The minimum atomic E-state index is -1.63. The first-order valence-electron chi connectivity index (χ1n) is 13.9. The predicted octanol–water partition coefficient (Wildman–Crippen LogP) is 2.15. The third kappa shape index (κ3) is 5.87. The fourth-order valence-electron chi connectivity index (χ4n) is 5.86. The first-order chi connectivity index (χ1) is 19.5. The van der Waals surface area contributed by atoms with Crippen LogP contribution >= 0.6 is 11.8 Å². The fraction of sp³-hybridized carbons (Fsp3) is 0.667. The van der Waals surface area contributed by atoms with Gasteiger partial charge < -0.3 is 30.1 Å². The van der Waals surface area contributed by atoms with Gasteiger partial charge >= 0.3 is 0 Å². The number of carbonyl (C=O) groups excluding carboxylic acids is 1. The van der Waals surface area contributed by atoms with Gasteiger partial charge in [-0.15, -0.1) is 16.9 Å². The highest BCUT2D eigenvalue weighted by Crippen LogP contribution is 2.44. The van der Waals surface area contributed by atoms with Crippen molar-refractivity contribution in [2.75, 3.05) is 13.7 Å². The Kier molecular flexibility index (Phi) is 8.98. The highest BCUT2D eigenvalue weighted by Gasteiger charge is 2.52. The summed E-state index contributed by atoms with van der Waals surface area (Å²) in [5.74, 6) is -4.73. The Morgan fingerprint density at radius 2 is 1.80 bits per heavy atom. The van der Waals surface area contributed by atoms with E-state index in [1.807, 2.05) is 0 Å². The van der Waals surface area contributed by atoms with E-state index in [1.165, 1.54) is 6.20 Å². The van der Waals surface area contributed by atoms with Gasteiger partial charge in [0.05, 0.1) is 18.4 Å². The van der Waals surface area contributed by atoms with Crippen LogP contribution in [0.1, 0.15) is 57.4 Å². The van der Waals surface area contributed by atoms with Gasteiger partial charge in [-0.1, -0.05) is 24.5 Å². The van der Waals surface area contributed by atoms with E-state index >= 15 is 0 Å². The molecule has 1 aliphatic heterocycles. The van der Waals surface area contributed by atoms with Crippen LogP contribution < -0.4 is 0 Å². The number of aliphatic hydroxyl groups is 4. The van der Waals surface area contributed by atoms with Crippen LogP contribution in [0.3, 0.4) is 0 Å². The highest BCUT2D eigenvalue weighted by atomic mass is 32.2. The van der Waals surface area contributed by atoms with Gasteiger partial charge in [-0.3, -0.25) is 4.79 Å². The lowest BCUT2D eigenvalue weighted by molar-refractivity contribution is -0.179. The van der Waals surface area contributed by atoms with Gasteiger partial charge in [0.15, 0.2) is 17.5 Å². The topological polar surface area (TPSA) is 141 Å². The Morgan fingerprint density at radius 3 is 2.39 bits per heavy atom. The molecule has 1 aromatic heterocycles. The quantitative estimate of drug-likeness (QED) is 0.336. The van der Waals surface area contributed by atoms with Crippen molar-refractivity contribution in [2.24, 2.45) is 0 Å². The number of benzene rings is 1. The molecule has 1 amide bonds. The molecule has 2 heterocycles. The molecule has 6 atom stereocenters. The van der Waals surface area contributed by atoms with Crippen LogP contribution in [0.25, 0.3) is 11.3 Å². The second-order valence-electron chi connectivity index (χ2n) is 11.2. The third-order valence-electron chi connectivity index (χ3n) is 8.62. The van der Waals surface area contributed by atoms with Crippen molar-refractivity contribution in [3.05, 3.63) is 35.8 Å². The highest BCUT2D eigenvalue weighted by molar-refractivity contribution is 8.01. The molecule has 14 heteroatoms. The molecule has 1 saturated heterocycles. The molecule has 0 radical (unpaired) electrons. The SMILES string of the molecule is CN(C(=O)C(S[C@@H]1O[C@H](CO)[C@H](O)[C@H](n2cc(-c3cc(F)c(F)c(F)c3)nn2)[C@H]1O)C1(O)CCCCC1)C1CCC1. The van der Waals surface area contributed by atoms with Gasteiger partial charge in [-0.2, -0.15) is 0 Å². The molecule has 2 saturated carbocycles. The summed E-state index contributed by atoms with van der Waals surface area (Å²) in [6, 6.07) is 0.331. The summed E-state index contributed by atoms with van der Waals surface area (Å²) in [5.41, 5.74) is -2.66. The normalized spacial score (nSPS) is 29.1. The van der Waals surface area contributed by atoms with Crippen molar-refractivity contribution in [1.82, 2.24) is 19.9 Å². The Morgan fingerprint density at radius 1 is 1.15 bits per heavy atom. The number of rotatable bonds is 8. The summed E-state index contributed by atoms with van der Waals surface area (Å²) in [7, 11) is 1.71. The lowest BCUT2D eigenvalue weighted by Crippen LogP contribution is -2.58. The van der Waals surface area contributed by atoms with Crippen molar-refractivity contribution >= 4 is 17.7 Å². The fourth-order valence-corrected chi connectivity index (χ4v) is 7.43. The standard InChI is InChI=1S/C27H35F3N4O6S/c1-33(15-6-5-7-15)25(38)24(27(39)8-3-2-4-9-27)41-26-23(37)21(22(36)19(13-35)40-26)34-12-18(31-32-34)14-10-16(28)20(30)17(29)11-14/h10-12,15,19,21-24,26,35-37,39H,2-9,13H2,1H3/t19-,21+,22+,23-,24?,26+/m1/s1. The average molecular weight is 601 g/mol. The molecule has 4 N–H and O–H groups in total. The monoisotopic (exact) mass is 600 g/mol. The van der Waals surface area contributed by atoms with Crippen LogP contribution in [0.4, 0.5) is 13.2 Å². The number of hydrogen-bond acceptors (Lipinski definition) is 9. The van der Waals surface area contributed by atoms with Gasteiger partial charge in [-0.25, -0.2) is 17.9 Å². The number of nitrogens with zero attached hydrogens (tertiary/aromatic N) is 4. The molecule has 2 aromatic rings. The maximum absolute atomic E-state index is 13.8. The maximum atomic E-state index is 13.8. The molecule has 41 heavy (non-hydrogen) atoms. The second kappa shape index (κ2) is 12.2. The van der Waals surface area contributed by atoms with Gasteiger partial charge in [0.25, 0.3) is 0 Å². The molecule has 1 unspecified atom stereocenters. The second-order valence-corrected chi connectivity index (χ2v) is 12.5. The zero-order chi connectivity index (χ0) is 29.5. The van der Waals surface area contributed by atoms with Gasteiger partial charge in [0.1, 0.15) is 40.7 Å². The molecule has 2 aliphatic carbocycles. The van der Waals surface area contributed by atoms with Crippen molar-refractivity contribution in [2.45, 2.75) is 98.0 Å². The third-order valence-corrected chi connectivity index (χ3v) is 10.2. The van der Waals surface area contributed by atoms with Crippen LogP contribution in [0, 0.1) is 17.5 Å². The number of amides is 1. The zero-order valence-electron chi connectivity index (χ0n) is 22.6. The molecule has 3 fully saturated rings. The summed E-state index contributed by atoms with van der Waals surface area (Å²) in [5, 5.41) is 50.9. The van der Waals surface area contributed by atoms with Crippen molar-refractivity contribution in [3.63, 3.8) is 0 Å². The van der Waals surface area contributed by atoms with E-state index < -0.39 is 64.7 Å². The van der Waals surface area contributed by atoms with Gasteiger partial charge in [-0.05, 0) is 44.2 Å². The average Bonchev–Trinajstić information content (AvgIpc) is 3.40. The first kappa shape index (κ1) is 30.2. The largest absolute Gasteiger partial charge is 0.394 e. The summed E-state index contributed by atoms with van der Waals surface area (Å²) in [6.07, 6.45) is 3.07. The zero-order valence-corrected chi connectivity index (χ0v) is 23.4. The van der Waals surface area contributed by atoms with Crippen LogP contribution in [0.2, 0.25) is 0 Å². The van der Waals surface area contributed by atoms with Crippen molar-refractivity contribution in [1.29, 1.82) is 0 Å². The number of hydrogen-bond donors (Lipinski definition) is 4. The number of aliphatic hydroxyl groups excluding tert-OH is 3. The number of halogens is 3. The maximum Gasteiger partial charge on any atom is 0.238 e. The number of aromatic nitrogens is 3. The molecule has 5 rings (SSSR count). The van der Waals surface area contributed by atoms with E-state index in [2.05, 4.69) is 10.3 Å². The van der Waals surface area contributed by atoms with Crippen LogP contribution in [-0.2, 0) is 9.53 Å². The first-order valence-corrected chi connectivity index (χ1v) is 14.8. The van der Waals surface area contributed by atoms with E-state index in [0.717, 1.165) is 67.1 Å². The van der Waals surface area contributed by atoms with Crippen LogP contribution in [-0.4, -0.2) is 101 Å². The Balaban J connectivity index is 1.43. The lowest BCUT2D eigenvalue weighted by Gasteiger charge is -2.46. The van der Waals surface area contributed by atoms with Crippen LogP contribution in [0.5, 0.6) is 0 Å². The van der Waals surface area contributed by atoms with E-state index in [-0.39, 0.29) is 23.2 Å². The summed E-state index contributed by atoms with van der Waals surface area (Å²) >= 11 is 0.958. The Labute approximate surface area is 239 Å². The predicted molar refractivity (Wildman–Crippen MR) is 142 cm³/mol. The summed E-state index contributed by atoms with van der Waals surface area (Å²) in [6.45, 7) is -0.623. The summed E-state index contributed by atoms with van der Waals surface area (Å²) < 4.78 is 48.0. The number of carbonyl (C=O) groups is 1. The van der Waals surface area contributed by atoms with E-state index in [1.54, 1.807) is 11.9 Å². The molecule has 3 aliphatic rings. The molecular weight excluding hydrogens is 565 g/mol. The molecule has 10 nitrogen and oxygen atoms in total. The van der Waals surface area contributed by atoms with Gasteiger partial charge in [0.2, 0.25) is 5.91 Å². The molecule has 0 spiro atoms. The summed E-state index contributed by atoms with van der Waals surface area (Å²) in [4.78, 5) is 15.4. The Hall–Kier alpha value is -2.23. The number of thioether (sulfide) groups is 1. The molecule has 226 valence electrons. The molecular formula is C27H35F3N4O6S. The van der Waals surface area contributed by atoms with Crippen LogP contribution in [0.15, 0.2) is 18.3 Å². The van der Waals surface area contributed by atoms with Gasteiger partial charge in [0, 0.05) is 18.7 Å². The molecule has 0 bridgehead atoms. The van der Waals surface area contributed by atoms with E-state index in [4.69, 9.17) is 4.74 Å². The smallest absolute Gasteiger partial charge is 0.238 e. The minimum absolute atomic E-state index is 0.0508. The Bertz CT molecular complexity index is 1220. The minimum Gasteiger partial charge on any atom is -0.394 e. The van der Waals surface area contributed by atoms with E-state index in [0.29, 0.717) is 12.8 Å². The number of ether oxygens (including phenoxy) is 1. The van der Waals surface area contributed by atoms with Crippen molar-refractivity contribution < 1.29 is 43.1 Å². The lowest BCUT2D eigenvalue weighted by atomic mass is 9.81. The van der Waals surface area contributed by atoms with Crippen molar-refractivity contribution in [3.8, 4) is 11.3 Å².